The number of rotatable bonds is 3. The van der Waals surface area contributed by atoms with Gasteiger partial charge in [-0.2, -0.15) is 0 Å². The van der Waals surface area contributed by atoms with Crippen molar-refractivity contribution >= 4 is 0 Å². The van der Waals surface area contributed by atoms with Crippen molar-refractivity contribution in [2.45, 2.75) is 51.3 Å². The number of benzene rings is 1. The Labute approximate surface area is 128 Å². The van der Waals surface area contributed by atoms with Crippen molar-refractivity contribution in [2.24, 2.45) is 0 Å². The molecule has 1 N–H and O–H groups in total. The van der Waals surface area contributed by atoms with Gasteiger partial charge in [0.1, 0.15) is 0 Å². The average Bonchev–Trinajstić information content (AvgIpc) is 2.48. The highest BCUT2D eigenvalue weighted by molar-refractivity contribution is 5.23. The third-order valence-electron chi connectivity index (χ3n) is 5.19. The maximum atomic E-state index is 10.5. The molecule has 2 aliphatic rings. The van der Waals surface area contributed by atoms with Crippen LogP contribution in [0.25, 0.3) is 0 Å². The molecule has 0 bridgehead atoms. The Morgan fingerprint density at radius 1 is 1.19 bits per heavy atom. The molecule has 0 saturated carbocycles. The van der Waals surface area contributed by atoms with E-state index in [-0.39, 0.29) is 6.10 Å². The van der Waals surface area contributed by atoms with Gasteiger partial charge in [0.05, 0.1) is 6.10 Å². The Morgan fingerprint density at radius 3 is 2.71 bits per heavy atom. The first-order chi connectivity index (χ1) is 10.1. The minimum absolute atomic E-state index is 0.372. The third kappa shape index (κ3) is 3.47. The molecule has 3 unspecified atom stereocenters. The predicted octanol–water partition coefficient (Wildman–Crippen LogP) is 2.59. The number of aliphatic hydroxyl groups excluding tert-OH is 1. The Morgan fingerprint density at radius 2 is 1.95 bits per heavy atom. The average molecular weight is 288 g/mol. The molecule has 1 aromatic rings. The highest BCUT2D eigenvalue weighted by Gasteiger charge is 2.33. The maximum Gasteiger partial charge on any atom is 0.0917 e. The van der Waals surface area contributed by atoms with Crippen molar-refractivity contribution < 1.29 is 5.11 Å². The summed E-state index contributed by atoms with van der Waals surface area (Å²) in [5.74, 6) is 0. The molecule has 1 aromatic carbocycles. The van der Waals surface area contributed by atoms with Crippen LogP contribution in [0.3, 0.4) is 0 Å². The van der Waals surface area contributed by atoms with Gasteiger partial charge in [-0.15, -0.1) is 0 Å². The number of hydrogen-bond donors (Lipinski definition) is 1. The Kier molecular flexibility index (Phi) is 4.63. The molecule has 0 spiro atoms. The second kappa shape index (κ2) is 6.47. The first kappa shape index (κ1) is 15.0. The summed E-state index contributed by atoms with van der Waals surface area (Å²) in [6.45, 7) is 8.68. The van der Waals surface area contributed by atoms with Gasteiger partial charge in [0.25, 0.3) is 0 Å². The normalized spacial score (nSPS) is 29.1. The van der Waals surface area contributed by atoms with E-state index in [4.69, 9.17) is 0 Å². The Balaban J connectivity index is 1.62. The molecule has 0 aromatic heterocycles. The van der Waals surface area contributed by atoms with Crippen LogP contribution in [-0.2, 0) is 0 Å². The largest absolute Gasteiger partial charge is 0.387 e. The van der Waals surface area contributed by atoms with Gasteiger partial charge in [0.2, 0.25) is 0 Å². The molecule has 2 fully saturated rings. The summed E-state index contributed by atoms with van der Waals surface area (Å²) in [5, 5.41) is 10.5. The lowest BCUT2D eigenvalue weighted by atomic mass is 9.96. The molecular formula is C18H28N2O. The summed E-state index contributed by atoms with van der Waals surface area (Å²) in [4.78, 5) is 5.14. The van der Waals surface area contributed by atoms with Crippen molar-refractivity contribution in [3.63, 3.8) is 0 Å². The third-order valence-corrected chi connectivity index (χ3v) is 5.19. The zero-order valence-electron chi connectivity index (χ0n) is 13.3. The molecule has 3 heteroatoms. The summed E-state index contributed by atoms with van der Waals surface area (Å²) >= 11 is 0. The van der Waals surface area contributed by atoms with Gasteiger partial charge in [-0.3, -0.25) is 9.80 Å². The second-order valence-corrected chi connectivity index (χ2v) is 6.87. The fourth-order valence-electron chi connectivity index (χ4n) is 3.78. The fourth-order valence-corrected chi connectivity index (χ4v) is 3.78. The molecule has 2 aliphatic heterocycles. The van der Waals surface area contributed by atoms with Crippen LogP contribution in [0.5, 0.6) is 0 Å². The van der Waals surface area contributed by atoms with Crippen LogP contribution in [0.4, 0.5) is 0 Å². The number of nitrogens with zero attached hydrogens (tertiary/aromatic N) is 2. The standard InChI is InChI=1S/C18H28N2O/c1-14-6-8-16(9-7-14)18(21)13-20-12-17-5-3-4-10-19(17)11-15(20)2/h6-9,15,17-18,21H,3-5,10-13H2,1-2H3. The van der Waals surface area contributed by atoms with E-state index < -0.39 is 0 Å². The van der Waals surface area contributed by atoms with E-state index in [0.29, 0.717) is 12.1 Å². The van der Waals surface area contributed by atoms with Gasteiger partial charge in [-0.1, -0.05) is 36.2 Å². The predicted molar refractivity (Wildman–Crippen MR) is 86.4 cm³/mol. The SMILES string of the molecule is Cc1ccc(C(O)CN2CC3CCCCN3CC2C)cc1. The smallest absolute Gasteiger partial charge is 0.0917 e. The summed E-state index contributed by atoms with van der Waals surface area (Å²) < 4.78 is 0. The molecule has 3 nitrogen and oxygen atoms in total. The molecule has 0 radical (unpaired) electrons. The Bertz CT molecular complexity index is 459. The first-order valence-electron chi connectivity index (χ1n) is 8.36. The number of piperidine rings is 1. The summed E-state index contributed by atoms with van der Waals surface area (Å²) in [6.07, 6.45) is 3.67. The van der Waals surface area contributed by atoms with Gasteiger partial charge < -0.3 is 5.11 Å². The van der Waals surface area contributed by atoms with E-state index >= 15 is 0 Å². The number of aryl methyl sites for hydroxylation is 1. The van der Waals surface area contributed by atoms with Gasteiger partial charge >= 0.3 is 0 Å². The molecule has 0 amide bonds. The second-order valence-electron chi connectivity index (χ2n) is 6.87. The van der Waals surface area contributed by atoms with E-state index in [0.717, 1.165) is 25.2 Å². The number of hydrogen-bond acceptors (Lipinski definition) is 3. The lowest BCUT2D eigenvalue weighted by Gasteiger charge is -2.48. The summed E-state index contributed by atoms with van der Waals surface area (Å²) in [5.41, 5.74) is 2.29. The van der Waals surface area contributed by atoms with E-state index in [1.165, 1.54) is 31.4 Å². The number of piperazine rings is 1. The quantitative estimate of drug-likeness (QED) is 0.926. The van der Waals surface area contributed by atoms with Crippen molar-refractivity contribution in [1.82, 2.24) is 9.80 Å². The number of aliphatic hydroxyl groups is 1. The molecule has 3 atom stereocenters. The summed E-state index contributed by atoms with van der Waals surface area (Å²) in [7, 11) is 0. The van der Waals surface area contributed by atoms with Crippen molar-refractivity contribution in [2.75, 3.05) is 26.2 Å². The first-order valence-corrected chi connectivity index (χ1v) is 8.36. The molecule has 3 rings (SSSR count). The van der Waals surface area contributed by atoms with Gasteiger partial charge in [-0.25, -0.2) is 0 Å². The summed E-state index contributed by atoms with van der Waals surface area (Å²) in [6, 6.07) is 9.53. The van der Waals surface area contributed by atoms with Crippen LogP contribution >= 0.6 is 0 Å². The highest BCUT2D eigenvalue weighted by Crippen LogP contribution is 2.25. The van der Waals surface area contributed by atoms with Crippen LogP contribution in [0.2, 0.25) is 0 Å². The molecule has 116 valence electrons. The van der Waals surface area contributed by atoms with E-state index in [9.17, 15) is 5.11 Å². The molecular weight excluding hydrogens is 260 g/mol. The van der Waals surface area contributed by atoms with Crippen LogP contribution in [0.1, 0.15) is 43.4 Å². The van der Waals surface area contributed by atoms with E-state index in [1.807, 2.05) is 0 Å². The van der Waals surface area contributed by atoms with Gasteiger partial charge in [0, 0.05) is 31.7 Å². The van der Waals surface area contributed by atoms with Crippen LogP contribution in [0.15, 0.2) is 24.3 Å². The monoisotopic (exact) mass is 288 g/mol. The van der Waals surface area contributed by atoms with E-state index in [1.54, 1.807) is 0 Å². The van der Waals surface area contributed by atoms with Crippen molar-refractivity contribution in [3.8, 4) is 0 Å². The lowest BCUT2D eigenvalue weighted by Crippen LogP contribution is -2.59. The molecule has 0 aliphatic carbocycles. The highest BCUT2D eigenvalue weighted by atomic mass is 16.3. The molecule has 2 heterocycles. The van der Waals surface area contributed by atoms with Crippen molar-refractivity contribution in [1.29, 1.82) is 0 Å². The minimum atomic E-state index is -0.372. The van der Waals surface area contributed by atoms with Gasteiger partial charge in [0.15, 0.2) is 0 Å². The molecule has 2 saturated heterocycles. The topological polar surface area (TPSA) is 26.7 Å². The van der Waals surface area contributed by atoms with Gasteiger partial charge in [-0.05, 0) is 38.8 Å². The maximum absolute atomic E-state index is 10.5. The Hall–Kier alpha value is -0.900. The minimum Gasteiger partial charge on any atom is -0.387 e. The van der Waals surface area contributed by atoms with E-state index in [2.05, 4.69) is 47.9 Å². The number of β-amino-alcohol motifs (C(OH)–C–C–N with tert-alkyl or cyclic N) is 1. The zero-order valence-corrected chi connectivity index (χ0v) is 13.3. The van der Waals surface area contributed by atoms with Crippen LogP contribution in [-0.4, -0.2) is 53.2 Å². The molecule has 21 heavy (non-hydrogen) atoms. The fraction of sp³-hybridized carbons (Fsp3) is 0.667. The van der Waals surface area contributed by atoms with Crippen LogP contribution < -0.4 is 0 Å². The lowest BCUT2D eigenvalue weighted by molar-refractivity contribution is -0.00754. The van der Waals surface area contributed by atoms with Crippen molar-refractivity contribution in [3.05, 3.63) is 35.4 Å². The zero-order chi connectivity index (χ0) is 14.8. The number of fused-ring (bicyclic) bond motifs is 1. The van der Waals surface area contributed by atoms with Crippen LogP contribution in [0, 0.1) is 6.92 Å².